The molecule has 1 aliphatic carbocycles. The lowest BCUT2D eigenvalue weighted by Gasteiger charge is -2.15. The summed E-state index contributed by atoms with van der Waals surface area (Å²) in [6, 6.07) is 6.32. The van der Waals surface area contributed by atoms with Gasteiger partial charge in [0, 0.05) is 6.26 Å². The van der Waals surface area contributed by atoms with Crippen LogP contribution in [0.2, 0.25) is 0 Å². The Balaban J connectivity index is 2.62. The minimum atomic E-state index is -3.26. The first-order chi connectivity index (χ1) is 7.38. The van der Waals surface area contributed by atoms with Crippen molar-refractivity contribution in [2.45, 2.75) is 17.6 Å². The third-order valence-corrected chi connectivity index (χ3v) is 5.11. The first-order valence-corrected chi connectivity index (χ1v) is 6.80. The van der Waals surface area contributed by atoms with Gasteiger partial charge in [0.25, 0.3) is 0 Å². The molecule has 0 heterocycles. The van der Waals surface area contributed by atoms with Crippen LogP contribution in [0.3, 0.4) is 0 Å². The summed E-state index contributed by atoms with van der Waals surface area (Å²) in [4.78, 5) is 11.0. The Labute approximate surface area is 93.8 Å². The molecule has 0 aliphatic heterocycles. The van der Waals surface area contributed by atoms with Gasteiger partial charge < -0.3 is 5.11 Å². The van der Waals surface area contributed by atoms with E-state index < -0.39 is 20.6 Å². The van der Waals surface area contributed by atoms with Crippen molar-refractivity contribution >= 4 is 15.8 Å². The molecule has 1 aliphatic rings. The number of hydrogen-bond donors (Lipinski definition) is 1. The molecule has 0 unspecified atom stereocenters. The average Bonchev–Trinajstić information content (AvgIpc) is 2.97. The van der Waals surface area contributed by atoms with Gasteiger partial charge in [0.15, 0.2) is 9.84 Å². The summed E-state index contributed by atoms with van der Waals surface area (Å²) in [5.74, 6) is -1.08. The van der Waals surface area contributed by atoms with Gasteiger partial charge in [0.1, 0.15) is 0 Å². The second kappa shape index (κ2) is 3.31. The highest BCUT2D eigenvalue weighted by molar-refractivity contribution is 7.92. The zero-order valence-corrected chi connectivity index (χ0v) is 9.62. The molecule has 1 aromatic rings. The predicted molar refractivity (Wildman–Crippen MR) is 59.2 cm³/mol. The molecule has 0 bridgehead atoms. The Morgan fingerprint density at radius 1 is 1.31 bits per heavy atom. The van der Waals surface area contributed by atoms with E-state index in [2.05, 4.69) is 0 Å². The minimum Gasteiger partial charge on any atom is -0.478 e. The van der Waals surface area contributed by atoms with Crippen molar-refractivity contribution in [3.05, 3.63) is 35.4 Å². The molecular weight excluding hydrogens is 228 g/mol. The number of carbonyl (C=O) groups is 1. The van der Waals surface area contributed by atoms with Crippen molar-refractivity contribution < 1.29 is 18.3 Å². The lowest BCUT2D eigenvalue weighted by Crippen LogP contribution is -2.22. The van der Waals surface area contributed by atoms with Crippen LogP contribution in [-0.2, 0) is 14.6 Å². The molecule has 4 nitrogen and oxygen atoms in total. The molecule has 2 rings (SSSR count). The van der Waals surface area contributed by atoms with E-state index in [9.17, 15) is 13.2 Å². The molecule has 0 saturated heterocycles. The van der Waals surface area contributed by atoms with Crippen molar-refractivity contribution in [3.8, 4) is 0 Å². The molecule has 0 aromatic heterocycles. The Hall–Kier alpha value is -1.36. The zero-order valence-electron chi connectivity index (χ0n) is 8.80. The van der Waals surface area contributed by atoms with Crippen LogP contribution in [0.25, 0.3) is 0 Å². The van der Waals surface area contributed by atoms with Crippen molar-refractivity contribution in [3.63, 3.8) is 0 Å². The second-order valence-corrected chi connectivity index (χ2v) is 6.44. The number of aromatic carboxylic acids is 1. The number of carboxylic acid groups (broad SMARTS) is 1. The van der Waals surface area contributed by atoms with Gasteiger partial charge in [-0.3, -0.25) is 0 Å². The van der Waals surface area contributed by atoms with E-state index in [0.29, 0.717) is 18.4 Å². The Morgan fingerprint density at radius 2 is 1.88 bits per heavy atom. The minimum absolute atomic E-state index is 0.0884. The first-order valence-electron chi connectivity index (χ1n) is 4.91. The molecule has 1 aromatic carbocycles. The number of carboxylic acids is 1. The van der Waals surface area contributed by atoms with Gasteiger partial charge in [-0.05, 0) is 24.5 Å². The van der Waals surface area contributed by atoms with Crippen LogP contribution < -0.4 is 0 Å². The van der Waals surface area contributed by atoms with Crippen molar-refractivity contribution in [2.75, 3.05) is 6.26 Å². The third-order valence-electron chi connectivity index (χ3n) is 3.06. The lowest BCUT2D eigenvalue weighted by molar-refractivity contribution is 0.0695. The molecule has 0 spiro atoms. The van der Waals surface area contributed by atoms with Crippen LogP contribution in [0.4, 0.5) is 0 Å². The maximum atomic E-state index is 11.7. The summed E-state index contributed by atoms with van der Waals surface area (Å²) in [6.45, 7) is 0. The topological polar surface area (TPSA) is 71.4 Å². The fraction of sp³-hybridized carbons (Fsp3) is 0.364. The van der Waals surface area contributed by atoms with E-state index in [4.69, 9.17) is 5.11 Å². The fourth-order valence-electron chi connectivity index (χ4n) is 2.02. The largest absolute Gasteiger partial charge is 0.478 e. The van der Waals surface area contributed by atoms with Crippen molar-refractivity contribution in [1.82, 2.24) is 0 Å². The molecule has 1 N–H and O–H groups in total. The van der Waals surface area contributed by atoms with Crippen molar-refractivity contribution in [2.24, 2.45) is 0 Å². The van der Waals surface area contributed by atoms with Crippen LogP contribution in [-0.4, -0.2) is 25.7 Å². The van der Waals surface area contributed by atoms with Gasteiger partial charge in [-0.15, -0.1) is 0 Å². The maximum absolute atomic E-state index is 11.7. The maximum Gasteiger partial charge on any atom is 0.336 e. The SMILES string of the molecule is CS(=O)(=O)C1(c2ccccc2C(=O)O)CC1. The molecule has 86 valence electrons. The van der Waals surface area contributed by atoms with E-state index in [-0.39, 0.29) is 5.56 Å². The van der Waals surface area contributed by atoms with E-state index in [1.54, 1.807) is 18.2 Å². The van der Waals surface area contributed by atoms with Crippen LogP contribution in [0.5, 0.6) is 0 Å². The highest BCUT2D eigenvalue weighted by atomic mass is 32.2. The van der Waals surface area contributed by atoms with E-state index in [1.165, 1.54) is 12.3 Å². The van der Waals surface area contributed by atoms with E-state index in [1.807, 2.05) is 0 Å². The summed E-state index contributed by atoms with van der Waals surface area (Å²) in [6.07, 6.45) is 2.19. The van der Waals surface area contributed by atoms with Crippen LogP contribution in [0.15, 0.2) is 24.3 Å². The average molecular weight is 240 g/mol. The van der Waals surface area contributed by atoms with Crippen LogP contribution in [0, 0.1) is 0 Å². The number of rotatable bonds is 3. The summed E-state index contributed by atoms with van der Waals surface area (Å²) in [5.41, 5.74) is 0.510. The van der Waals surface area contributed by atoms with E-state index in [0.717, 1.165) is 0 Å². The number of benzene rings is 1. The van der Waals surface area contributed by atoms with Gasteiger partial charge in [0.05, 0.1) is 10.3 Å². The lowest BCUT2D eigenvalue weighted by atomic mass is 10.0. The van der Waals surface area contributed by atoms with Crippen LogP contribution in [0.1, 0.15) is 28.8 Å². The van der Waals surface area contributed by atoms with Gasteiger partial charge in [-0.1, -0.05) is 18.2 Å². The van der Waals surface area contributed by atoms with E-state index >= 15 is 0 Å². The van der Waals surface area contributed by atoms with Crippen LogP contribution >= 0.6 is 0 Å². The predicted octanol–water partition coefficient (Wildman–Crippen LogP) is 1.42. The molecule has 1 saturated carbocycles. The summed E-state index contributed by atoms with van der Waals surface area (Å²) in [5, 5.41) is 9.03. The third kappa shape index (κ3) is 1.51. The standard InChI is InChI=1S/C11H12O4S/c1-16(14,15)11(6-7-11)9-5-3-2-4-8(9)10(12)13/h2-5H,6-7H2,1H3,(H,12,13). The molecule has 0 radical (unpaired) electrons. The van der Waals surface area contributed by atoms with Gasteiger partial charge >= 0.3 is 5.97 Å². The molecule has 1 fully saturated rings. The van der Waals surface area contributed by atoms with Gasteiger partial charge in [0.2, 0.25) is 0 Å². The Bertz CT molecular complexity index is 541. The normalized spacial score (nSPS) is 18.1. The quantitative estimate of drug-likeness (QED) is 0.867. The van der Waals surface area contributed by atoms with Gasteiger partial charge in [-0.25, -0.2) is 13.2 Å². The molecule has 5 heteroatoms. The smallest absolute Gasteiger partial charge is 0.336 e. The Morgan fingerprint density at radius 3 is 2.31 bits per heavy atom. The van der Waals surface area contributed by atoms with Crippen molar-refractivity contribution in [1.29, 1.82) is 0 Å². The first kappa shape index (κ1) is 11.1. The molecular formula is C11H12O4S. The number of hydrogen-bond acceptors (Lipinski definition) is 3. The summed E-state index contributed by atoms with van der Waals surface area (Å²) in [7, 11) is -3.26. The zero-order chi connectivity index (χ0) is 12.0. The number of sulfone groups is 1. The fourth-order valence-corrected chi connectivity index (χ4v) is 3.44. The monoisotopic (exact) mass is 240 g/mol. The Kier molecular flexibility index (Phi) is 2.31. The molecule has 16 heavy (non-hydrogen) atoms. The highest BCUT2D eigenvalue weighted by Crippen LogP contribution is 2.53. The molecule has 0 atom stereocenters. The highest BCUT2D eigenvalue weighted by Gasteiger charge is 2.54. The second-order valence-electron chi connectivity index (χ2n) is 4.12. The molecule has 0 amide bonds. The summed E-state index contributed by atoms with van der Waals surface area (Å²) >= 11 is 0. The van der Waals surface area contributed by atoms with Gasteiger partial charge in [-0.2, -0.15) is 0 Å². The summed E-state index contributed by atoms with van der Waals surface area (Å²) < 4.78 is 22.4.